The number of hydrogen-bond donors (Lipinski definition) is 1. The summed E-state index contributed by atoms with van der Waals surface area (Å²) in [5.74, 6) is 0.688. The van der Waals surface area contributed by atoms with Crippen molar-refractivity contribution >= 4 is 21.8 Å². The Balaban J connectivity index is 1.71. The van der Waals surface area contributed by atoms with E-state index >= 15 is 0 Å². The van der Waals surface area contributed by atoms with E-state index in [-0.39, 0.29) is 35.8 Å². The van der Waals surface area contributed by atoms with Crippen LogP contribution in [0.15, 0.2) is 29.2 Å². The van der Waals surface area contributed by atoms with E-state index in [1.807, 2.05) is 0 Å². The van der Waals surface area contributed by atoms with E-state index in [0.29, 0.717) is 30.5 Å². The Morgan fingerprint density at radius 1 is 1.07 bits per heavy atom. The van der Waals surface area contributed by atoms with Crippen LogP contribution in [-0.2, 0) is 14.8 Å². The molecule has 29 heavy (non-hydrogen) atoms. The zero-order chi connectivity index (χ0) is 21.2. The van der Waals surface area contributed by atoms with Gasteiger partial charge < -0.3 is 10.2 Å². The van der Waals surface area contributed by atoms with Crippen molar-refractivity contribution in [2.24, 2.45) is 11.8 Å². The maximum atomic E-state index is 13.0. The lowest BCUT2D eigenvalue weighted by atomic mass is 9.78. The van der Waals surface area contributed by atoms with Gasteiger partial charge in [0.25, 0.3) is 5.91 Å². The lowest BCUT2D eigenvalue weighted by Gasteiger charge is -2.34. The summed E-state index contributed by atoms with van der Waals surface area (Å²) in [6.45, 7) is 7.14. The van der Waals surface area contributed by atoms with E-state index in [2.05, 4.69) is 19.2 Å². The number of hydrogen-bond acceptors (Lipinski definition) is 4. The van der Waals surface area contributed by atoms with Crippen LogP contribution in [0.5, 0.6) is 0 Å². The zero-order valence-electron chi connectivity index (χ0n) is 17.4. The molecule has 0 spiro atoms. The topological polar surface area (TPSA) is 86.8 Å². The molecule has 0 bridgehead atoms. The number of piperazine rings is 1. The number of nitrogens with one attached hydrogen (secondary N) is 1. The van der Waals surface area contributed by atoms with Crippen LogP contribution in [0.2, 0.25) is 0 Å². The molecule has 1 N–H and O–H groups in total. The quantitative estimate of drug-likeness (QED) is 0.807. The van der Waals surface area contributed by atoms with Crippen LogP contribution < -0.4 is 5.32 Å². The molecule has 1 heterocycles. The van der Waals surface area contributed by atoms with Gasteiger partial charge in [-0.2, -0.15) is 4.31 Å². The van der Waals surface area contributed by atoms with E-state index in [4.69, 9.17) is 0 Å². The van der Waals surface area contributed by atoms with E-state index in [9.17, 15) is 18.0 Å². The lowest BCUT2D eigenvalue weighted by Crippen LogP contribution is -2.49. The van der Waals surface area contributed by atoms with Crippen LogP contribution in [0.1, 0.15) is 50.4 Å². The average Bonchev–Trinajstić information content (AvgIpc) is 2.71. The predicted octanol–water partition coefficient (Wildman–Crippen LogP) is 2.09. The molecule has 1 aromatic rings. The normalized spacial score (nSPS) is 26.2. The second-order valence-corrected chi connectivity index (χ2v) is 10.2. The largest absolute Gasteiger partial charge is 0.349 e. The van der Waals surface area contributed by atoms with Crippen molar-refractivity contribution in [1.82, 2.24) is 14.5 Å². The molecule has 2 amide bonds. The van der Waals surface area contributed by atoms with Crippen LogP contribution in [0, 0.1) is 11.8 Å². The summed E-state index contributed by atoms with van der Waals surface area (Å²) in [5.41, 5.74) is 0.360. The Bertz CT molecular complexity index is 862. The molecular formula is C21H31N3O4S. The fraction of sp³-hybridized carbons (Fsp3) is 0.619. The van der Waals surface area contributed by atoms with Crippen molar-refractivity contribution in [3.63, 3.8) is 0 Å². The Hall–Kier alpha value is -1.93. The first-order valence-electron chi connectivity index (χ1n) is 10.4. The first-order valence-corrected chi connectivity index (χ1v) is 11.8. The van der Waals surface area contributed by atoms with Gasteiger partial charge in [0.15, 0.2) is 0 Å². The minimum atomic E-state index is -3.70. The highest BCUT2D eigenvalue weighted by Gasteiger charge is 2.31. The second-order valence-electron chi connectivity index (χ2n) is 8.29. The summed E-state index contributed by atoms with van der Waals surface area (Å²) in [6, 6.07) is 6.36. The molecule has 1 aromatic carbocycles. The summed E-state index contributed by atoms with van der Waals surface area (Å²) in [6.07, 6.45) is 3.23. The fourth-order valence-corrected chi connectivity index (χ4v) is 5.70. The summed E-state index contributed by atoms with van der Waals surface area (Å²) < 4.78 is 27.4. The van der Waals surface area contributed by atoms with Crippen LogP contribution in [0.25, 0.3) is 0 Å². The summed E-state index contributed by atoms with van der Waals surface area (Å²) in [5, 5.41) is 3.10. The number of carbonyl (C=O) groups excluding carboxylic acids is 2. The lowest BCUT2D eigenvalue weighted by molar-refractivity contribution is -0.129. The number of benzene rings is 1. The van der Waals surface area contributed by atoms with Crippen molar-refractivity contribution in [2.75, 3.05) is 26.2 Å². The van der Waals surface area contributed by atoms with Gasteiger partial charge in [-0.3, -0.25) is 9.59 Å². The van der Waals surface area contributed by atoms with Gasteiger partial charge in [0.1, 0.15) is 0 Å². The zero-order valence-corrected chi connectivity index (χ0v) is 18.2. The first kappa shape index (κ1) is 21.8. The SMILES string of the molecule is CC(=O)N1CCN(S(=O)(=O)c2cccc(C(=O)N[C@@H]3CCC[C@@H](C)[C@@H]3C)c2)CC1. The number of sulfonamides is 1. The predicted molar refractivity (Wildman–Crippen MR) is 111 cm³/mol. The van der Waals surface area contributed by atoms with Crippen LogP contribution in [0.4, 0.5) is 0 Å². The third-order valence-corrected chi connectivity index (χ3v) is 8.34. The van der Waals surface area contributed by atoms with Crippen LogP contribution >= 0.6 is 0 Å². The van der Waals surface area contributed by atoms with Crippen LogP contribution in [-0.4, -0.2) is 61.7 Å². The van der Waals surface area contributed by atoms with Crippen molar-refractivity contribution in [3.8, 4) is 0 Å². The minimum Gasteiger partial charge on any atom is -0.349 e. The van der Waals surface area contributed by atoms with Gasteiger partial charge in [-0.05, 0) is 36.5 Å². The van der Waals surface area contributed by atoms with Crippen molar-refractivity contribution in [3.05, 3.63) is 29.8 Å². The van der Waals surface area contributed by atoms with E-state index in [0.717, 1.165) is 12.8 Å². The third-order valence-electron chi connectivity index (χ3n) is 6.44. The summed E-state index contributed by atoms with van der Waals surface area (Å²) >= 11 is 0. The molecule has 0 unspecified atom stereocenters. The highest BCUT2D eigenvalue weighted by Crippen LogP contribution is 2.29. The molecule has 160 valence electrons. The summed E-state index contributed by atoms with van der Waals surface area (Å²) in [7, 11) is -3.70. The molecule has 7 nitrogen and oxygen atoms in total. The monoisotopic (exact) mass is 421 g/mol. The van der Waals surface area contributed by atoms with E-state index in [1.54, 1.807) is 17.0 Å². The minimum absolute atomic E-state index is 0.0491. The van der Waals surface area contributed by atoms with Crippen molar-refractivity contribution in [1.29, 1.82) is 0 Å². The fourth-order valence-electron chi connectivity index (χ4n) is 4.23. The molecule has 1 saturated carbocycles. The Labute approximate surface area is 173 Å². The molecule has 0 radical (unpaired) electrons. The molecule has 3 atom stereocenters. The molecule has 0 aromatic heterocycles. The third kappa shape index (κ3) is 4.80. The van der Waals surface area contributed by atoms with E-state index in [1.165, 1.54) is 29.8 Å². The summed E-state index contributed by atoms with van der Waals surface area (Å²) in [4.78, 5) is 26.0. The highest BCUT2D eigenvalue weighted by molar-refractivity contribution is 7.89. The van der Waals surface area contributed by atoms with E-state index < -0.39 is 10.0 Å². The smallest absolute Gasteiger partial charge is 0.251 e. The standard InChI is InChI=1S/C21H31N3O4S/c1-15-6-4-9-20(16(15)2)22-21(26)18-7-5-8-19(14-18)29(27,28)24-12-10-23(11-13-24)17(3)25/h5,7-8,14-16,20H,4,6,9-13H2,1-3H3,(H,22,26)/t15-,16+,20-/m1/s1. The van der Waals surface area contributed by atoms with Gasteiger partial charge in [0.2, 0.25) is 15.9 Å². The molecule has 3 rings (SSSR count). The van der Waals surface area contributed by atoms with Gasteiger partial charge in [0, 0.05) is 44.7 Å². The first-order chi connectivity index (χ1) is 13.7. The van der Waals surface area contributed by atoms with Gasteiger partial charge in [-0.25, -0.2) is 8.42 Å². The Kier molecular flexibility index (Phi) is 6.63. The highest BCUT2D eigenvalue weighted by atomic mass is 32.2. The maximum Gasteiger partial charge on any atom is 0.251 e. The van der Waals surface area contributed by atoms with Crippen molar-refractivity contribution < 1.29 is 18.0 Å². The molecule has 1 aliphatic carbocycles. The van der Waals surface area contributed by atoms with Gasteiger partial charge in [-0.1, -0.05) is 32.8 Å². The Morgan fingerprint density at radius 3 is 2.41 bits per heavy atom. The molecule has 1 saturated heterocycles. The van der Waals surface area contributed by atoms with Crippen LogP contribution in [0.3, 0.4) is 0 Å². The number of carbonyl (C=O) groups is 2. The van der Waals surface area contributed by atoms with Gasteiger partial charge in [-0.15, -0.1) is 0 Å². The average molecular weight is 422 g/mol. The molecular weight excluding hydrogens is 390 g/mol. The molecule has 8 heteroatoms. The van der Waals surface area contributed by atoms with Crippen molar-refractivity contribution in [2.45, 2.75) is 51.0 Å². The maximum absolute atomic E-state index is 13.0. The second kappa shape index (κ2) is 8.83. The molecule has 1 aliphatic heterocycles. The molecule has 2 fully saturated rings. The number of amides is 2. The Morgan fingerprint density at radius 2 is 1.76 bits per heavy atom. The molecule has 2 aliphatic rings. The van der Waals surface area contributed by atoms with Gasteiger partial charge in [0.05, 0.1) is 4.90 Å². The van der Waals surface area contributed by atoms with Gasteiger partial charge >= 0.3 is 0 Å². The number of nitrogens with zero attached hydrogens (tertiary/aromatic N) is 2. The number of rotatable bonds is 4.